The van der Waals surface area contributed by atoms with E-state index < -0.39 is 0 Å². The zero-order chi connectivity index (χ0) is 4.62. The van der Waals surface area contributed by atoms with Crippen molar-refractivity contribution in [2.45, 2.75) is 12.5 Å². The molecule has 1 aliphatic heterocycles. The van der Waals surface area contributed by atoms with Crippen LogP contribution in [0.2, 0.25) is 0 Å². The van der Waals surface area contributed by atoms with E-state index in [0.29, 0.717) is 0 Å². The van der Waals surface area contributed by atoms with Gasteiger partial charge in [0.1, 0.15) is 0 Å². The third kappa shape index (κ3) is 2.72. The summed E-state index contributed by atoms with van der Waals surface area (Å²) in [7, 11) is 0. The van der Waals surface area contributed by atoms with Crippen LogP contribution < -0.4 is 11.1 Å². The molecule has 0 saturated carbocycles. The maximum absolute atomic E-state index is 5.56. The van der Waals surface area contributed by atoms with Gasteiger partial charge in [0.05, 0.1) is 0 Å². The molecule has 0 bridgehead atoms. The van der Waals surface area contributed by atoms with Gasteiger partial charge in [0.2, 0.25) is 0 Å². The first-order valence-corrected chi connectivity index (χ1v) is 2.20. The lowest BCUT2D eigenvalue weighted by molar-refractivity contribution is 0.309. The summed E-state index contributed by atoms with van der Waals surface area (Å²) in [5, 5.41) is 3.08. The fraction of sp³-hybridized carbons (Fsp3) is 1.00. The molecule has 0 unspecified atom stereocenters. The van der Waals surface area contributed by atoms with Gasteiger partial charge >= 0.3 is 0 Å². The number of nitrogens with one attached hydrogen (secondary N) is 1. The summed E-state index contributed by atoms with van der Waals surface area (Å²) < 4.78 is 0. The Morgan fingerprint density at radius 3 is 1.62 bits per heavy atom. The van der Waals surface area contributed by atoms with Crippen LogP contribution in [0.15, 0.2) is 0 Å². The second-order valence-electron chi connectivity index (χ2n) is 2.26. The number of hydrogen-bond acceptors (Lipinski definition) is 2. The molecule has 1 rings (SSSR count). The molecule has 0 aliphatic carbocycles. The second kappa shape index (κ2) is 3.51. The largest absolute Gasteiger partial charge is 0.323 e. The smallest absolute Gasteiger partial charge is 0.0378 e. The molecule has 0 aromatic rings. The van der Waals surface area contributed by atoms with Crippen LogP contribution in [0.3, 0.4) is 0 Å². The van der Waals surface area contributed by atoms with E-state index in [-0.39, 0.29) is 30.4 Å². The number of hydrogen-bond donors (Lipinski definition) is 2. The van der Waals surface area contributed by atoms with Crippen LogP contribution in [0.5, 0.6) is 0 Å². The van der Waals surface area contributed by atoms with Crippen LogP contribution in [-0.2, 0) is 0 Å². The molecule has 8 heavy (non-hydrogen) atoms. The average molecular weight is 159 g/mol. The van der Waals surface area contributed by atoms with Crippen molar-refractivity contribution in [1.82, 2.24) is 5.32 Å². The summed E-state index contributed by atoms with van der Waals surface area (Å²) in [6.07, 6.45) is 0. The van der Waals surface area contributed by atoms with Crippen LogP contribution in [0.4, 0.5) is 0 Å². The third-order valence-electron chi connectivity index (χ3n) is 1.06. The molecule has 1 heterocycles. The summed E-state index contributed by atoms with van der Waals surface area (Å²) in [6.45, 7) is 4.00. The zero-order valence-corrected chi connectivity index (χ0v) is 6.44. The first kappa shape index (κ1) is 11.3. The Morgan fingerprint density at radius 1 is 1.38 bits per heavy atom. The average Bonchev–Trinajstić information content (AvgIpc) is 1.32. The monoisotopic (exact) mass is 158 g/mol. The molecule has 0 aromatic carbocycles. The first-order chi connectivity index (χ1) is 2.71. The molecule has 1 aliphatic rings. The minimum atomic E-state index is 0. The first-order valence-electron chi connectivity index (χ1n) is 2.20. The molecule has 4 heteroatoms. The lowest BCUT2D eigenvalue weighted by atomic mass is 9.98. The van der Waals surface area contributed by atoms with E-state index in [9.17, 15) is 0 Å². The van der Waals surface area contributed by atoms with Gasteiger partial charge in [-0.15, -0.1) is 24.8 Å². The summed E-state index contributed by atoms with van der Waals surface area (Å²) in [6, 6.07) is 0. The van der Waals surface area contributed by atoms with Crippen molar-refractivity contribution in [2.24, 2.45) is 5.73 Å². The topological polar surface area (TPSA) is 38.0 Å². The Morgan fingerprint density at radius 2 is 1.62 bits per heavy atom. The predicted molar refractivity (Wildman–Crippen MR) is 40.0 cm³/mol. The number of halogens is 2. The van der Waals surface area contributed by atoms with Gasteiger partial charge in [-0.1, -0.05) is 0 Å². The van der Waals surface area contributed by atoms with E-state index in [4.69, 9.17) is 5.73 Å². The van der Waals surface area contributed by atoms with Crippen molar-refractivity contribution >= 4 is 24.8 Å². The molecule has 1 saturated heterocycles. The summed E-state index contributed by atoms with van der Waals surface area (Å²) >= 11 is 0. The van der Waals surface area contributed by atoms with Gasteiger partial charge < -0.3 is 11.1 Å². The SMILES string of the molecule is CC1(N)CNC1.Cl.Cl. The highest BCUT2D eigenvalue weighted by Gasteiger charge is 2.25. The molecule has 0 aromatic heterocycles. The van der Waals surface area contributed by atoms with E-state index >= 15 is 0 Å². The quantitative estimate of drug-likeness (QED) is 0.528. The van der Waals surface area contributed by atoms with Gasteiger partial charge in [-0.25, -0.2) is 0 Å². The molecular formula is C4H12Cl2N2. The molecule has 0 amide bonds. The van der Waals surface area contributed by atoms with Gasteiger partial charge in [-0.2, -0.15) is 0 Å². The third-order valence-corrected chi connectivity index (χ3v) is 1.06. The molecule has 0 spiro atoms. The lowest BCUT2D eigenvalue weighted by Gasteiger charge is -2.34. The van der Waals surface area contributed by atoms with Crippen molar-refractivity contribution in [1.29, 1.82) is 0 Å². The lowest BCUT2D eigenvalue weighted by Crippen LogP contribution is -2.63. The molecular weight excluding hydrogens is 147 g/mol. The Hall–Kier alpha value is 0.500. The number of nitrogens with two attached hydrogens (primary N) is 1. The van der Waals surface area contributed by atoms with E-state index in [2.05, 4.69) is 5.32 Å². The summed E-state index contributed by atoms with van der Waals surface area (Å²) in [5.41, 5.74) is 5.67. The van der Waals surface area contributed by atoms with Crippen molar-refractivity contribution in [3.63, 3.8) is 0 Å². The van der Waals surface area contributed by atoms with Crippen LogP contribution in [-0.4, -0.2) is 18.6 Å². The fourth-order valence-electron chi connectivity index (χ4n) is 0.519. The Bertz CT molecular complexity index is 59.1. The second-order valence-corrected chi connectivity index (χ2v) is 2.26. The minimum absolute atomic E-state index is 0. The Labute approximate surface area is 62.0 Å². The number of rotatable bonds is 0. The van der Waals surface area contributed by atoms with Gasteiger partial charge in [0, 0.05) is 18.6 Å². The summed E-state index contributed by atoms with van der Waals surface area (Å²) in [5.74, 6) is 0. The summed E-state index contributed by atoms with van der Waals surface area (Å²) in [4.78, 5) is 0. The fourth-order valence-corrected chi connectivity index (χ4v) is 0.519. The normalized spacial score (nSPS) is 21.8. The molecule has 2 nitrogen and oxygen atoms in total. The molecule has 1 fully saturated rings. The van der Waals surface area contributed by atoms with Gasteiger partial charge in [-0.05, 0) is 6.92 Å². The van der Waals surface area contributed by atoms with Crippen molar-refractivity contribution in [3.05, 3.63) is 0 Å². The molecule has 52 valence electrons. The van der Waals surface area contributed by atoms with Gasteiger partial charge in [-0.3, -0.25) is 0 Å². The standard InChI is InChI=1S/C4H10N2.2ClH/c1-4(5)2-6-3-4;;/h6H,2-3,5H2,1H3;2*1H. The van der Waals surface area contributed by atoms with E-state index in [1.54, 1.807) is 0 Å². The highest BCUT2D eigenvalue weighted by Crippen LogP contribution is 2.01. The Kier molecular flexibility index (Phi) is 4.97. The van der Waals surface area contributed by atoms with Crippen LogP contribution in [0, 0.1) is 0 Å². The minimum Gasteiger partial charge on any atom is -0.323 e. The van der Waals surface area contributed by atoms with E-state index in [0.717, 1.165) is 13.1 Å². The molecule has 3 N–H and O–H groups in total. The van der Waals surface area contributed by atoms with Crippen molar-refractivity contribution in [3.8, 4) is 0 Å². The van der Waals surface area contributed by atoms with Crippen LogP contribution >= 0.6 is 24.8 Å². The Balaban J connectivity index is 0. The maximum atomic E-state index is 5.56. The highest BCUT2D eigenvalue weighted by molar-refractivity contribution is 5.85. The molecule has 0 atom stereocenters. The highest BCUT2D eigenvalue weighted by atomic mass is 35.5. The zero-order valence-electron chi connectivity index (χ0n) is 4.81. The van der Waals surface area contributed by atoms with Crippen molar-refractivity contribution < 1.29 is 0 Å². The van der Waals surface area contributed by atoms with E-state index in [1.807, 2.05) is 6.92 Å². The van der Waals surface area contributed by atoms with Gasteiger partial charge in [0.15, 0.2) is 0 Å². The predicted octanol–water partition coefficient (Wildman–Crippen LogP) is 0.151. The van der Waals surface area contributed by atoms with E-state index in [1.165, 1.54) is 0 Å². The maximum Gasteiger partial charge on any atom is 0.0378 e. The molecule has 0 radical (unpaired) electrons. The van der Waals surface area contributed by atoms with Crippen LogP contribution in [0.1, 0.15) is 6.92 Å². The van der Waals surface area contributed by atoms with Crippen molar-refractivity contribution in [2.75, 3.05) is 13.1 Å². The van der Waals surface area contributed by atoms with Crippen LogP contribution in [0.25, 0.3) is 0 Å². The van der Waals surface area contributed by atoms with Gasteiger partial charge in [0.25, 0.3) is 0 Å².